The number of piperazine rings is 1. The molecule has 1 fully saturated rings. The third-order valence-electron chi connectivity index (χ3n) is 5.20. The summed E-state index contributed by atoms with van der Waals surface area (Å²) in [5.74, 6) is 4.35. The van der Waals surface area contributed by atoms with Crippen LogP contribution in [0, 0.1) is 6.92 Å². The van der Waals surface area contributed by atoms with E-state index < -0.39 is 0 Å². The summed E-state index contributed by atoms with van der Waals surface area (Å²) in [5.41, 5.74) is 1.25. The van der Waals surface area contributed by atoms with E-state index in [1.54, 1.807) is 7.11 Å². The molecule has 0 atom stereocenters. The van der Waals surface area contributed by atoms with Gasteiger partial charge >= 0.3 is 0 Å². The average Bonchev–Trinajstić information content (AvgIpc) is 3.19. The maximum Gasteiger partial charge on any atom is 0.231 e. The highest BCUT2D eigenvalue weighted by atomic mass is 16.7. The molecule has 1 N–H and O–H groups in total. The Labute approximate surface area is 171 Å². The van der Waals surface area contributed by atoms with Crippen molar-refractivity contribution in [3.8, 4) is 11.5 Å². The number of aromatic nitrogens is 2. The molecule has 8 heteroatoms. The third-order valence-corrected chi connectivity index (χ3v) is 5.20. The summed E-state index contributed by atoms with van der Waals surface area (Å²) in [7, 11) is 1.72. The molecule has 1 aromatic carbocycles. The second-order valence-electron chi connectivity index (χ2n) is 7.38. The lowest BCUT2D eigenvalue weighted by Crippen LogP contribution is -2.46. The van der Waals surface area contributed by atoms with Crippen molar-refractivity contribution in [1.29, 1.82) is 0 Å². The SMILES string of the molecule is COCCCNc1cc(N2CCN(Cc3ccc4c(c3)OCO4)CC2)nc(C)n1. The summed E-state index contributed by atoms with van der Waals surface area (Å²) >= 11 is 0. The summed E-state index contributed by atoms with van der Waals surface area (Å²) in [6.07, 6.45) is 0.952. The molecule has 0 saturated carbocycles. The Hall–Kier alpha value is -2.58. The van der Waals surface area contributed by atoms with Gasteiger partial charge in [-0.15, -0.1) is 0 Å². The Kier molecular flexibility index (Phi) is 6.31. The van der Waals surface area contributed by atoms with Crippen molar-refractivity contribution in [2.45, 2.75) is 19.9 Å². The van der Waals surface area contributed by atoms with Crippen molar-refractivity contribution >= 4 is 11.6 Å². The van der Waals surface area contributed by atoms with Gasteiger partial charge in [-0.05, 0) is 31.0 Å². The van der Waals surface area contributed by atoms with Gasteiger partial charge in [0.05, 0.1) is 0 Å². The van der Waals surface area contributed by atoms with E-state index in [2.05, 4.69) is 37.2 Å². The first-order valence-corrected chi connectivity index (χ1v) is 10.2. The van der Waals surface area contributed by atoms with Crippen LogP contribution in [0.3, 0.4) is 0 Å². The van der Waals surface area contributed by atoms with Crippen molar-refractivity contribution in [2.75, 3.05) is 63.5 Å². The van der Waals surface area contributed by atoms with Crippen LogP contribution < -0.4 is 19.7 Å². The van der Waals surface area contributed by atoms with Crippen LogP contribution >= 0.6 is 0 Å². The van der Waals surface area contributed by atoms with Gasteiger partial charge in [-0.2, -0.15) is 0 Å². The van der Waals surface area contributed by atoms with Crippen molar-refractivity contribution in [1.82, 2.24) is 14.9 Å². The van der Waals surface area contributed by atoms with Crippen LogP contribution in [0.25, 0.3) is 0 Å². The van der Waals surface area contributed by atoms with Crippen LogP contribution in [0.1, 0.15) is 17.8 Å². The zero-order chi connectivity index (χ0) is 20.1. The second kappa shape index (κ2) is 9.28. The number of nitrogens with one attached hydrogen (secondary N) is 1. The van der Waals surface area contributed by atoms with E-state index in [9.17, 15) is 0 Å². The topological polar surface area (TPSA) is 72.0 Å². The van der Waals surface area contributed by atoms with Crippen molar-refractivity contribution in [2.24, 2.45) is 0 Å². The van der Waals surface area contributed by atoms with E-state index in [4.69, 9.17) is 14.2 Å². The number of hydrogen-bond donors (Lipinski definition) is 1. The standard InChI is InChI=1S/C21H29N5O3/c1-16-23-20(22-6-3-11-27-2)13-21(24-16)26-9-7-25(8-10-26)14-17-4-5-18-19(12-17)29-15-28-18/h4-5,12-13H,3,6-11,14-15H2,1-2H3,(H,22,23,24). The van der Waals surface area contributed by atoms with Crippen LogP contribution in [0.15, 0.2) is 24.3 Å². The first-order chi connectivity index (χ1) is 14.2. The van der Waals surface area contributed by atoms with Crippen LogP contribution in [0.4, 0.5) is 11.6 Å². The smallest absolute Gasteiger partial charge is 0.231 e. The van der Waals surface area contributed by atoms with E-state index in [1.165, 1.54) is 5.56 Å². The number of rotatable bonds is 8. The van der Waals surface area contributed by atoms with E-state index in [0.717, 1.165) is 81.3 Å². The minimum Gasteiger partial charge on any atom is -0.454 e. The van der Waals surface area contributed by atoms with E-state index >= 15 is 0 Å². The van der Waals surface area contributed by atoms with Crippen LogP contribution in [0.5, 0.6) is 11.5 Å². The average molecular weight is 399 g/mol. The van der Waals surface area contributed by atoms with Gasteiger partial charge in [0.1, 0.15) is 17.5 Å². The van der Waals surface area contributed by atoms with Crippen LogP contribution in [-0.2, 0) is 11.3 Å². The molecular weight excluding hydrogens is 370 g/mol. The monoisotopic (exact) mass is 399 g/mol. The molecule has 8 nitrogen and oxygen atoms in total. The maximum absolute atomic E-state index is 5.49. The Morgan fingerprint density at radius 3 is 2.72 bits per heavy atom. The normalized spacial score (nSPS) is 16.3. The molecule has 1 saturated heterocycles. The van der Waals surface area contributed by atoms with Gasteiger partial charge in [-0.1, -0.05) is 6.07 Å². The lowest BCUT2D eigenvalue weighted by atomic mass is 10.1. The van der Waals surface area contributed by atoms with Gasteiger partial charge in [0.25, 0.3) is 0 Å². The van der Waals surface area contributed by atoms with Crippen molar-refractivity contribution < 1.29 is 14.2 Å². The van der Waals surface area contributed by atoms with Crippen molar-refractivity contribution in [3.63, 3.8) is 0 Å². The largest absolute Gasteiger partial charge is 0.454 e. The molecule has 0 unspecified atom stereocenters. The molecular formula is C21H29N5O3. The molecule has 0 aliphatic carbocycles. The Morgan fingerprint density at radius 1 is 1.07 bits per heavy atom. The Balaban J connectivity index is 1.31. The third kappa shape index (κ3) is 5.07. The fourth-order valence-electron chi connectivity index (χ4n) is 3.67. The van der Waals surface area contributed by atoms with Gasteiger partial charge in [0.2, 0.25) is 6.79 Å². The number of methoxy groups -OCH3 is 1. The Bertz CT molecular complexity index is 824. The molecule has 29 heavy (non-hydrogen) atoms. The number of aryl methyl sites for hydroxylation is 1. The fraction of sp³-hybridized carbons (Fsp3) is 0.524. The van der Waals surface area contributed by atoms with E-state index in [-0.39, 0.29) is 0 Å². The van der Waals surface area contributed by atoms with E-state index in [1.807, 2.05) is 19.1 Å². The highest BCUT2D eigenvalue weighted by molar-refractivity contribution is 5.50. The molecule has 4 rings (SSSR count). The minimum atomic E-state index is 0.318. The zero-order valence-electron chi connectivity index (χ0n) is 17.2. The molecule has 1 aromatic heterocycles. The molecule has 2 aliphatic heterocycles. The summed E-state index contributed by atoms with van der Waals surface area (Å²) in [6.45, 7) is 8.65. The second-order valence-corrected chi connectivity index (χ2v) is 7.38. The highest BCUT2D eigenvalue weighted by Crippen LogP contribution is 2.33. The summed E-state index contributed by atoms with van der Waals surface area (Å²) in [5, 5.41) is 3.37. The van der Waals surface area contributed by atoms with E-state index in [0.29, 0.717) is 6.79 Å². The number of benzene rings is 1. The number of ether oxygens (including phenoxy) is 3. The molecule has 0 radical (unpaired) electrons. The van der Waals surface area contributed by atoms with Crippen molar-refractivity contribution in [3.05, 3.63) is 35.7 Å². The lowest BCUT2D eigenvalue weighted by Gasteiger charge is -2.35. The molecule has 2 aliphatic rings. The van der Waals surface area contributed by atoms with Gasteiger partial charge < -0.3 is 24.4 Å². The molecule has 3 heterocycles. The number of fused-ring (bicyclic) bond motifs is 1. The summed E-state index contributed by atoms with van der Waals surface area (Å²) in [4.78, 5) is 14.0. The lowest BCUT2D eigenvalue weighted by molar-refractivity contribution is 0.174. The predicted octanol–water partition coefficient (Wildman–Crippen LogP) is 2.28. The van der Waals surface area contributed by atoms with Gasteiger partial charge in [0.15, 0.2) is 11.5 Å². The van der Waals surface area contributed by atoms with Crippen LogP contribution in [-0.4, -0.2) is 68.1 Å². The highest BCUT2D eigenvalue weighted by Gasteiger charge is 2.20. The molecule has 0 spiro atoms. The molecule has 2 aromatic rings. The quantitative estimate of drug-likeness (QED) is 0.678. The zero-order valence-corrected chi connectivity index (χ0v) is 17.2. The number of nitrogens with zero attached hydrogens (tertiary/aromatic N) is 4. The number of hydrogen-bond acceptors (Lipinski definition) is 8. The molecule has 0 amide bonds. The fourth-order valence-corrected chi connectivity index (χ4v) is 3.67. The van der Waals surface area contributed by atoms with Crippen LogP contribution in [0.2, 0.25) is 0 Å². The van der Waals surface area contributed by atoms with Gasteiger partial charge in [-0.25, -0.2) is 9.97 Å². The summed E-state index contributed by atoms with van der Waals surface area (Å²) < 4.78 is 16.0. The first-order valence-electron chi connectivity index (χ1n) is 10.2. The number of anilines is 2. The molecule has 156 valence electrons. The minimum absolute atomic E-state index is 0.318. The molecule has 0 bridgehead atoms. The first kappa shape index (κ1) is 19.7. The summed E-state index contributed by atoms with van der Waals surface area (Å²) in [6, 6.07) is 8.26. The predicted molar refractivity (Wildman–Crippen MR) is 112 cm³/mol. The maximum atomic E-state index is 5.49. The Morgan fingerprint density at radius 2 is 1.90 bits per heavy atom. The van der Waals surface area contributed by atoms with Gasteiger partial charge in [-0.3, -0.25) is 4.90 Å². The van der Waals surface area contributed by atoms with Gasteiger partial charge in [0, 0.05) is 59.1 Å².